The van der Waals surface area contributed by atoms with E-state index in [-0.39, 0.29) is 12.6 Å². The molecule has 0 aromatic carbocycles. The number of nitrogens with zero attached hydrogens (tertiary/aromatic N) is 2. The molecule has 3 nitrogen and oxygen atoms in total. The molecule has 2 heterocycles. The predicted molar refractivity (Wildman–Crippen MR) is 51.7 cm³/mol. The summed E-state index contributed by atoms with van der Waals surface area (Å²) in [4.78, 5) is 6.45. The Morgan fingerprint density at radius 3 is 3.15 bits per heavy atom. The molecule has 0 spiro atoms. The van der Waals surface area contributed by atoms with E-state index in [9.17, 15) is 0 Å². The number of aliphatic hydroxyl groups excluding tert-OH is 1. The lowest BCUT2D eigenvalue weighted by Crippen LogP contribution is -2.32. The van der Waals surface area contributed by atoms with E-state index in [2.05, 4.69) is 9.88 Å². The monoisotopic (exact) mass is 178 g/mol. The summed E-state index contributed by atoms with van der Waals surface area (Å²) in [6.45, 7) is 1.25. The van der Waals surface area contributed by atoms with Crippen molar-refractivity contribution in [3.05, 3.63) is 24.4 Å². The van der Waals surface area contributed by atoms with Gasteiger partial charge in [-0.05, 0) is 25.0 Å². The highest BCUT2D eigenvalue weighted by Gasteiger charge is 2.24. The summed E-state index contributed by atoms with van der Waals surface area (Å²) in [5.74, 6) is 0.985. The molecule has 2 rings (SSSR count). The molecule has 1 saturated heterocycles. The van der Waals surface area contributed by atoms with Gasteiger partial charge in [0.2, 0.25) is 0 Å². The number of rotatable bonds is 2. The third kappa shape index (κ3) is 1.65. The molecular formula is C10H14N2O. The maximum absolute atomic E-state index is 9.13. The summed E-state index contributed by atoms with van der Waals surface area (Å²) < 4.78 is 0. The molecule has 0 bridgehead atoms. The van der Waals surface area contributed by atoms with Gasteiger partial charge in [0.05, 0.1) is 12.6 Å². The maximum Gasteiger partial charge on any atom is 0.128 e. The molecule has 1 aromatic rings. The van der Waals surface area contributed by atoms with Crippen molar-refractivity contribution in [1.82, 2.24) is 4.98 Å². The van der Waals surface area contributed by atoms with Gasteiger partial charge in [-0.2, -0.15) is 0 Å². The van der Waals surface area contributed by atoms with Gasteiger partial charge in [-0.15, -0.1) is 0 Å². The number of hydrogen-bond acceptors (Lipinski definition) is 3. The molecule has 13 heavy (non-hydrogen) atoms. The first-order valence-corrected chi connectivity index (χ1v) is 4.70. The standard InChI is InChI=1S/C10H14N2O/c13-8-9-4-3-7-12(9)10-5-1-2-6-11-10/h1-2,5-6,9,13H,3-4,7-8H2/t9-/m0/s1. The van der Waals surface area contributed by atoms with Gasteiger partial charge in [0.15, 0.2) is 0 Å². The quantitative estimate of drug-likeness (QED) is 0.735. The van der Waals surface area contributed by atoms with Crippen molar-refractivity contribution in [3.63, 3.8) is 0 Å². The summed E-state index contributed by atoms with van der Waals surface area (Å²) in [7, 11) is 0. The highest BCUT2D eigenvalue weighted by atomic mass is 16.3. The minimum Gasteiger partial charge on any atom is -0.394 e. The van der Waals surface area contributed by atoms with Crippen LogP contribution >= 0.6 is 0 Å². The molecule has 3 heteroatoms. The molecular weight excluding hydrogens is 164 g/mol. The van der Waals surface area contributed by atoms with Crippen molar-refractivity contribution >= 4 is 5.82 Å². The van der Waals surface area contributed by atoms with Crippen molar-refractivity contribution in [2.24, 2.45) is 0 Å². The van der Waals surface area contributed by atoms with Crippen molar-refractivity contribution in [3.8, 4) is 0 Å². The van der Waals surface area contributed by atoms with E-state index in [0.717, 1.165) is 25.2 Å². The molecule has 1 aliphatic heterocycles. The Balaban J connectivity index is 2.16. The van der Waals surface area contributed by atoms with Crippen LogP contribution in [0, 0.1) is 0 Å². The average Bonchev–Trinajstić information content (AvgIpc) is 2.67. The third-order valence-electron chi connectivity index (χ3n) is 2.53. The maximum atomic E-state index is 9.13. The second-order valence-corrected chi connectivity index (χ2v) is 3.36. The van der Waals surface area contributed by atoms with Crippen molar-refractivity contribution in [1.29, 1.82) is 0 Å². The lowest BCUT2D eigenvalue weighted by Gasteiger charge is -2.23. The summed E-state index contributed by atoms with van der Waals surface area (Å²) >= 11 is 0. The van der Waals surface area contributed by atoms with Crippen LogP contribution in [0.15, 0.2) is 24.4 Å². The fourth-order valence-electron chi connectivity index (χ4n) is 1.85. The van der Waals surface area contributed by atoms with E-state index in [4.69, 9.17) is 5.11 Å². The molecule has 0 amide bonds. The number of pyridine rings is 1. The van der Waals surface area contributed by atoms with Gasteiger partial charge in [0.25, 0.3) is 0 Å². The van der Waals surface area contributed by atoms with Gasteiger partial charge in [0.1, 0.15) is 5.82 Å². The van der Waals surface area contributed by atoms with Crippen LogP contribution in [0.25, 0.3) is 0 Å². The Morgan fingerprint density at radius 1 is 1.54 bits per heavy atom. The minimum absolute atomic E-state index is 0.233. The van der Waals surface area contributed by atoms with Gasteiger partial charge in [-0.1, -0.05) is 6.07 Å². The first kappa shape index (κ1) is 8.51. The Kier molecular flexibility index (Phi) is 2.45. The molecule has 0 aliphatic carbocycles. The second kappa shape index (κ2) is 3.75. The SMILES string of the molecule is OC[C@@H]1CCCN1c1ccccn1. The zero-order valence-corrected chi connectivity index (χ0v) is 7.56. The Labute approximate surface area is 78.0 Å². The predicted octanol–water partition coefficient (Wildman–Crippen LogP) is 1.04. The van der Waals surface area contributed by atoms with Crippen LogP contribution in [0.5, 0.6) is 0 Å². The van der Waals surface area contributed by atoms with Crippen LogP contribution in [-0.4, -0.2) is 29.3 Å². The van der Waals surface area contributed by atoms with E-state index < -0.39 is 0 Å². The second-order valence-electron chi connectivity index (χ2n) is 3.36. The Morgan fingerprint density at radius 2 is 2.46 bits per heavy atom. The van der Waals surface area contributed by atoms with Crippen molar-refractivity contribution in [2.75, 3.05) is 18.1 Å². The Hall–Kier alpha value is -1.09. The first-order chi connectivity index (χ1) is 6.42. The number of anilines is 1. The molecule has 1 aromatic heterocycles. The minimum atomic E-state index is 0.233. The topological polar surface area (TPSA) is 36.4 Å². The molecule has 0 unspecified atom stereocenters. The van der Waals surface area contributed by atoms with Crippen molar-refractivity contribution in [2.45, 2.75) is 18.9 Å². The lowest BCUT2D eigenvalue weighted by atomic mass is 10.2. The first-order valence-electron chi connectivity index (χ1n) is 4.70. The van der Waals surface area contributed by atoms with E-state index in [1.54, 1.807) is 6.20 Å². The highest BCUT2D eigenvalue weighted by Crippen LogP contribution is 2.22. The zero-order chi connectivity index (χ0) is 9.10. The molecule has 1 atom stereocenters. The molecule has 0 radical (unpaired) electrons. The Bertz CT molecular complexity index is 263. The van der Waals surface area contributed by atoms with Crippen LogP contribution in [0.1, 0.15) is 12.8 Å². The molecule has 1 aliphatic rings. The van der Waals surface area contributed by atoms with Gasteiger partial charge >= 0.3 is 0 Å². The van der Waals surface area contributed by atoms with E-state index >= 15 is 0 Å². The molecule has 70 valence electrons. The van der Waals surface area contributed by atoms with E-state index in [1.807, 2.05) is 18.2 Å². The van der Waals surface area contributed by atoms with Crippen LogP contribution in [0.3, 0.4) is 0 Å². The molecule has 1 fully saturated rings. The van der Waals surface area contributed by atoms with Crippen LogP contribution in [0.2, 0.25) is 0 Å². The van der Waals surface area contributed by atoms with Crippen LogP contribution in [0.4, 0.5) is 5.82 Å². The zero-order valence-electron chi connectivity index (χ0n) is 7.56. The number of hydrogen-bond donors (Lipinski definition) is 1. The normalized spacial score (nSPS) is 22.2. The molecule has 1 N–H and O–H groups in total. The van der Waals surface area contributed by atoms with Gasteiger partial charge < -0.3 is 10.0 Å². The highest BCUT2D eigenvalue weighted by molar-refractivity contribution is 5.40. The van der Waals surface area contributed by atoms with Gasteiger partial charge in [0, 0.05) is 12.7 Å². The number of aliphatic hydroxyl groups is 1. The van der Waals surface area contributed by atoms with Crippen LogP contribution < -0.4 is 4.90 Å². The largest absolute Gasteiger partial charge is 0.394 e. The van der Waals surface area contributed by atoms with E-state index in [0.29, 0.717) is 0 Å². The van der Waals surface area contributed by atoms with Crippen LogP contribution in [-0.2, 0) is 0 Å². The smallest absolute Gasteiger partial charge is 0.128 e. The fourth-order valence-corrected chi connectivity index (χ4v) is 1.85. The fraction of sp³-hybridized carbons (Fsp3) is 0.500. The third-order valence-corrected chi connectivity index (χ3v) is 2.53. The summed E-state index contributed by atoms with van der Waals surface area (Å²) in [6, 6.07) is 6.16. The molecule has 0 saturated carbocycles. The average molecular weight is 178 g/mol. The summed E-state index contributed by atoms with van der Waals surface area (Å²) in [6.07, 6.45) is 4.02. The van der Waals surface area contributed by atoms with Crippen molar-refractivity contribution < 1.29 is 5.11 Å². The number of aromatic nitrogens is 1. The van der Waals surface area contributed by atoms with Gasteiger partial charge in [-0.25, -0.2) is 4.98 Å². The summed E-state index contributed by atoms with van der Waals surface area (Å²) in [5, 5.41) is 9.13. The van der Waals surface area contributed by atoms with Gasteiger partial charge in [-0.3, -0.25) is 0 Å². The van der Waals surface area contributed by atoms with E-state index in [1.165, 1.54) is 0 Å². The summed E-state index contributed by atoms with van der Waals surface area (Å²) in [5.41, 5.74) is 0. The lowest BCUT2D eigenvalue weighted by molar-refractivity contribution is 0.266.